The molecule has 1 unspecified atom stereocenters. The number of hydrogen-bond acceptors (Lipinski definition) is 3. The van der Waals surface area contributed by atoms with Crippen LogP contribution in [0.1, 0.15) is 43.5 Å². The molecule has 116 valence electrons. The molecular formula is C15H22N2O4. The van der Waals surface area contributed by atoms with Gasteiger partial charge < -0.3 is 15.4 Å². The van der Waals surface area contributed by atoms with E-state index in [1.165, 1.54) is 12.3 Å². The Hall–Kier alpha value is -2.11. The van der Waals surface area contributed by atoms with E-state index in [0.717, 1.165) is 0 Å². The zero-order valence-corrected chi connectivity index (χ0v) is 12.4. The predicted octanol–water partition coefficient (Wildman–Crippen LogP) is 1.63. The Morgan fingerprint density at radius 2 is 2.05 bits per heavy atom. The van der Waals surface area contributed by atoms with Crippen molar-refractivity contribution >= 4 is 11.9 Å². The zero-order valence-electron chi connectivity index (χ0n) is 12.4. The monoisotopic (exact) mass is 294 g/mol. The van der Waals surface area contributed by atoms with Crippen molar-refractivity contribution in [2.45, 2.75) is 33.1 Å². The highest BCUT2D eigenvalue weighted by molar-refractivity contribution is 5.93. The standard InChI is InChI=1S/C15H22N2O4/c1-10(2)11(5-6-13(18)19)7-9-17-15(21)12-4-3-8-16-14(12)20/h3-4,8,10-11H,5-7,9H2,1-2H3,(H,16,20)(H,17,21)(H,18,19). The summed E-state index contributed by atoms with van der Waals surface area (Å²) in [6, 6.07) is 3.07. The van der Waals surface area contributed by atoms with Gasteiger partial charge in [0.05, 0.1) is 0 Å². The van der Waals surface area contributed by atoms with Gasteiger partial charge in [0.15, 0.2) is 0 Å². The van der Waals surface area contributed by atoms with Gasteiger partial charge in [-0.2, -0.15) is 0 Å². The third-order valence-electron chi connectivity index (χ3n) is 3.54. The second kappa shape index (κ2) is 8.24. The summed E-state index contributed by atoms with van der Waals surface area (Å²) >= 11 is 0. The molecule has 0 spiro atoms. The molecule has 0 aliphatic carbocycles. The third kappa shape index (κ3) is 5.81. The highest BCUT2D eigenvalue weighted by Gasteiger charge is 2.16. The van der Waals surface area contributed by atoms with Crippen LogP contribution < -0.4 is 10.9 Å². The van der Waals surface area contributed by atoms with Gasteiger partial charge in [0.2, 0.25) is 0 Å². The average molecular weight is 294 g/mol. The van der Waals surface area contributed by atoms with Crippen LogP contribution in [0.25, 0.3) is 0 Å². The molecule has 1 rings (SSSR count). The van der Waals surface area contributed by atoms with Crippen molar-refractivity contribution in [2.75, 3.05) is 6.54 Å². The molecule has 0 bridgehead atoms. The molecule has 0 radical (unpaired) electrons. The molecule has 1 atom stereocenters. The van der Waals surface area contributed by atoms with Crippen LogP contribution in [0.2, 0.25) is 0 Å². The number of aromatic nitrogens is 1. The molecule has 0 aromatic carbocycles. The molecule has 21 heavy (non-hydrogen) atoms. The Kier molecular flexibility index (Phi) is 6.65. The molecular weight excluding hydrogens is 272 g/mol. The maximum atomic E-state index is 11.9. The smallest absolute Gasteiger partial charge is 0.303 e. The summed E-state index contributed by atoms with van der Waals surface area (Å²) in [5, 5.41) is 11.4. The van der Waals surface area contributed by atoms with E-state index in [0.29, 0.717) is 25.3 Å². The summed E-state index contributed by atoms with van der Waals surface area (Å²) in [4.78, 5) is 36.4. The number of carbonyl (C=O) groups excluding carboxylic acids is 1. The minimum absolute atomic E-state index is 0.0872. The Labute approximate surface area is 123 Å². The van der Waals surface area contributed by atoms with Gasteiger partial charge >= 0.3 is 5.97 Å². The van der Waals surface area contributed by atoms with Crippen molar-refractivity contribution in [3.05, 3.63) is 34.2 Å². The summed E-state index contributed by atoms with van der Waals surface area (Å²) < 4.78 is 0. The van der Waals surface area contributed by atoms with Crippen molar-refractivity contribution in [1.29, 1.82) is 0 Å². The van der Waals surface area contributed by atoms with E-state index in [9.17, 15) is 14.4 Å². The fourth-order valence-corrected chi connectivity index (χ4v) is 2.19. The largest absolute Gasteiger partial charge is 0.481 e. The highest BCUT2D eigenvalue weighted by atomic mass is 16.4. The molecule has 1 aromatic rings. The van der Waals surface area contributed by atoms with Gasteiger partial charge in [-0.05, 0) is 36.8 Å². The lowest BCUT2D eigenvalue weighted by Gasteiger charge is -2.20. The molecule has 0 fully saturated rings. The van der Waals surface area contributed by atoms with Gasteiger partial charge in [0.25, 0.3) is 11.5 Å². The topological polar surface area (TPSA) is 99.3 Å². The fourth-order valence-electron chi connectivity index (χ4n) is 2.19. The molecule has 0 saturated carbocycles. The maximum absolute atomic E-state index is 11.9. The maximum Gasteiger partial charge on any atom is 0.303 e. The summed E-state index contributed by atoms with van der Waals surface area (Å²) in [7, 11) is 0. The Morgan fingerprint density at radius 1 is 1.33 bits per heavy atom. The number of H-pyrrole nitrogens is 1. The molecule has 1 heterocycles. The van der Waals surface area contributed by atoms with E-state index in [1.807, 2.05) is 13.8 Å². The molecule has 0 aliphatic rings. The lowest BCUT2D eigenvalue weighted by molar-refractivity contribution is -0.137. The van der Waals surface area contributed by atoms with Crippen LogP contribution in [-0.2, 0) is 4.79 Å². The van der Waals surface area contributed by atoms with Crippen LogP contribution in [0.15, 0.2) is 23.1 Å². The Balaban J connectivity index is 2.47. The van der Waals surface area contributed by atoms with Crippen molar-refractivity contribution in [2.24, 2.45) is 11.8 Å². The second-order valence-electron chi connectivity index (χ2n) is 5.39. The predicted molar refractivity (Wildman–Crippen MR) is 79.2 cm³/mol. The number of carbonyl (C=O) groups is 2. The van der Waals surface area contributed by atoms with Crippen LogP contribution in [-0.4, -0.2) is 28.5 Å². The second-order valence-corrected chi connectivity index (χ2v) is 5.39. The van der Waals surface area contributed by atoms with Crippen molar-refractivity contribution in [1.82, 2.24) is 10.3 Å². The molecule has 3 N–H and O–H groups in total. The van der Waals surface area contributed by atoms with Crippen LogP contribution >= 0.6 is 0 Å². The van der Waals surface area contributed by atoms with E-state index in [4.69, 9.17) is 5.11 Å². The third-order valence-corrected chi connectivity index (χ3v) is 3.54. The van der Waals surface area contributed by atoms with Crippen LogP contribution in [0.3, 0.4) is 0 Å². The first-order valence-electron chi connectivity index (χ1n) is 7.09. The van der Waals surface area contributed by atoms with Crippen LogP contribution in [0.5, 0.6) is 0 Å². The number of aliphatic carboxylic acids is 1. The Bertz CT molecular complexity index is 536. The fraction of sp³-hybridized carbons (Fsp3) is 0.533. The number of carboxylic acids is 1. The minimum atomic E-state index is -0.805. The highest BCUT2D eigenvalue weighted by Crippen LogP contribution is 2.20. The number of hydrogen-bond donors (Lipinski definition) is 3. The first kappa shape index (κ1) is 16.9. The number of nitrogens with one attached hydrogen (secondary N) is 2. The van der Waals surface area contributed by atoms with E-state index in [-0.39, 0.29) is 17.9 Å². The molecule has 6 heteroatoms. The average Bonchev–Trinajstić information content (AvgIpc) is 2.42. The number of aromatic amines is 1. The van der Waals surface area contributed by atoms with Crippen molar-refractivity contribution < 1.29 is 14.7 Å². The van der Waals surface area contributed by atoms with Crippen molar-refractivity contribution in [3.8, 4) is 0 Å². The van der Waals surface area contributed by atoms with Gasteiger partial charge in [0.1, 0.15) is 5.56 Å². The molecule has 0 saturated heterocycles. The number of amides is 1. The van der Waals surface area contributed by atoms with Crippen LogP contribution in [0.4, 0.5) is 0 Å². The molecule has 0 aliphatic heterocycles. The SMILES string of the molecule is CC(C)C(CCNC(=O)c1ccc[nH]c1=O)CCC(=O)O. The quantitative estimate of drug-likeness (QED) is 0.678. The van der Waals surface area contributed by atoms with Gasteiger partial charge in [-0.3, -0.25) is 14.4 Å². The van der Waals surface area contributed by atoms with E-state index in [2.05, 4.69) is 10.3 Å². The summed E-state index contributed by atoms with van der Waals surface area (Å²) in [6.45, 7) is 4.50. The van der Waals surface area contributed by atoms with Crippen molar-refractivity contribution in [3.63, 3.8) is 0 Å². The lowest BCUT2D eigenvalue weighted by Crippen LogP contribution is -2.31. The normalized spacial score (nSPS) is 12.1. The number of rotatable bonds is 8. The first-order valence-corrected chi connectivity index (χ1v) is 7.09. The summed E-state index contributed by atoms with van der Waals surface area (Å²) in [5.41, 5.74) is -0.328. The first-order chi connectivity index (χ1) is 9.91. The van der Waals surface area contributed by atoms with Gasteiger partial charge in [0, 0.05) is 19.2 Å². The number of carboxylic acid groups (broad SMARTS) is 1. The molecule has 1 aromatic heterocycles. The summed E-state index contributed by atoms with van der Waals surface area (Å²) in [5.74, 6) is -0.630. The van der Waals surface area contributed by atoms with Crippen LogP contribution in [0, 0.1) is 11.8 Å². The molecule has 1 amide bonds. The van der Waals surface area contributed by atoms with E-state index < -0.39 is 17.4 Å². The van der Waals surface area contributed by atoms with Gasteiger partial charge in [-0.15, -0.1) is 0 Å². The lowest BCUT2D eigenvalue weighted by atomic mass is 9.88. The van der Waals surface area contributed by atoms with Gasteiger partial charge in [-0.25, -0.2) is 0 Å². The zero-order chi connectivity index (χ0) is 15.8. The minimum Gasteiger partial charge on any atom is -0.481 e. The summed E-state index contributed by atoms with van der Waals surface area (Å²) in [6.07, 6.45) is 2.89. The van der Waals surface area contributed by atoms with E-state index in [1.54, 1.807) is 6.07 Å². The van der Waals surface area contributed by atoms with E-state index >= 15 is 0 Å². The van der Waals surface area contributed by atoms with Gasteiger partial charge in [-0.1, -0.05) is 13.8 Å². The Morgan fingerprint density at radius 3 is 2.62 bits per heavy atom. The number of pyridine rings is 1. The molecule has 6 nitrogen and oxygen atoms in total.